The Morgan fingerprint density at radius 2 is 0.969 bits per heavy atom. The van der Waals surface area contributed by atoms with Gasteiger partial charge in [-0.25, -0.2) is 19.6 Å². The second-order valence-electron chi connectivity index (χ2n) is 20.8. The maximum atomic E-state index is 12.9. The van der Waals surface area contributed by atoms with Gasteiger partial charge in [-0.3, -0.25) is 9.59 Å². The van der Waals surface area contributed by atoms with Crippen molar-refractivity contribution in [2.24, 2.45) is 47.3 Å². The van der Waals surface area contributed by atoms with E-state index in [4.69, 9.17) is 48.0 Å². The molecule has 8 saturated heterocycles. The third kappa shape index (κ3) is 7.94. The normalized spacial score (nSPS) is 43.0. The minimum Gasteiger partial charge on any atom is -0.352 e. The number of fused-ring (bicyclic) bond motifs is 4. The highest BCUT2D eigenvalue weighted by Crippen LogP contribution is 2.62. The van der Waals surface area contributed by atoms with Gasteiger partial charge in [-0.1, -0.05) is 52.0 Å². The van der Waals surface area contributed by atoms with Crippen LogP contribution in [0.1, 0.15) is 138 Å². The summed E-state index contributed by atoms with van der Waals surface area (Å²) in [6.07, 6.45) is 7.26. The van der Waals surface area contributed by atoms with Gasteiger partial charge in [-0.15, -0.1) is 0 Å². The van der Waals surface area contributed by atoms with Crippen molar-refractivity contribution in [3.05, 3.63) is 70.8 Å². The predicted octanol–water partition coefficient (Wildman–Crippen LogP) is 8.08. The fraction of sp³-hybridized carbons (Fsp3) is 0.720. The monoisotopic (exact) mass is 888 g/mol. The molecule has 350 valence electrons. The number of nitrogens with one attached hydrogen (secondary N) is 2. The van der Waals surface area contributed by atoms with Crippen molar-refractivity contribution in [1.29, 1.82) is 0 Å². The summed E-state index contributed by atoms with van der Waals surface area (Å²) in [5.41, 5.74) is 1.83. The summed E-state index contributed by atoms with van der Waals surface area (Å²) >= 11 is 0. The number of benzene rings is 2. The van der Waals surface area contributed by atoms with Crippen molar-refractivity contribution in [3.63, 3.8) is 0 Å². The Hall–Kier alpha value is -3.02. The molecule has 10 aliphatic rings. The van der Waals surface area contributed by atoms with Crippen LogP contribution in [0.5, 0.6) is 0 Å². The number of rotatable bonds is 13. The van der Waals surface area contributed by atoms with Crippen LogP contribution in [0.3, 0.4) is 0 Å². The van der Waals surface area contributed by atoms with Crippen LogP contribution in [0, 0.1) is 47.3 Å². The summed E-state index contributed by atoms with van der Waals surface area (Å²) in [6.45, 7) is 14.5. The zero-order chi connectivity index (χ0) is 44.4. The second-order valence-corrected chi connectivity index (χ2v) is 20.8. The van der Waals surface area contributed by atoms with Crippen LogP contribution in [-0.2, 0) is 61.2 Å². The summed E-state index contributed by atoms with van der Waals surface area (Å²) < 4.78 is 38.9. The van der Waals surface area contributed by atoms with Gasteiger partial charge in [0.2, 0.25) is 11.6 Å². The smallest absolute Gasteiger partial charge is 0.251 e. The van der Waals surface area contributed by atoms with E-state index in [1.807, 2.05) is 62.4 Å². The van der Waals surface area contributed by atoms with Crippen molar-refractivity contribution in [2.45, 2.75) is 167 Å². The van der Waals surface area contributed by atoms with E-state index in [0.29, 0.717) is 61.1 Å². The van der Waals surface area contributed by atoms with Gasteiger partial charge in [-0.05, 0) is 124 Å². The van der Waals surface area contributed by atoms with Gasteiger partial charge in [0, 0.05) is 60.7 Å². The van der Waals surface area contributed by atoms with Gasteiger partial charge in [0.25, 0.3) is 11.8 Å². The molecule has 2 N–H and O–H groups in total. The molecule has 14 heteroatoms. The SMILES string of the molecule is C[C@@H]1CCC2[C@@H](C)[C@@H](OCc3ccc(C(=O)NCCCCNC(=O)c4ccc(CO[C@H]5OC6OC7(C)CCC8[C@H](C)CCC([C@H]5C)[C@@]68OO7)cc4)cc3)OC3OC4(C)CCC1[C@]32OO4. The molecule has 14 nitrogen and oxygen atoms in total. The molecular weight excluding hydrogens is 821 g/mol. The number of unbranched alkanes of at least 4 members (excludes halogenated alkanes) is 1. The largest absolute Gasteiger partial charge is 0.352 e. The molecule has 0 aromatic heterocycles. The van der Waals surface area contributed by atoms with E-state index >= 15 is 0 Å². The Morgan fingerprint density at radius 3 is 1.38 bits per heavy atom. The molecule has 2 saturated carbocycles. The average molecular weight is 889 g/mol. The third-order valence-electron chi connectivity index (χ3n) is 16.6. The Kier molecular flexibility index (Phi) is 12.3. The molecule has 2 spiro atoms. The lowest BCUT2D eigenvalue weighted by Crippen LogP contribution is -2.70. The van der Waals surface area contributed by atoms with Gasteiger partial charge in [-0.2, -0.15) is 0 Å². The molecule has 8 heterocycles. The van der Waals surface area contributed by atoms with Crippen molar-refractivity contribution < 1.29 is 57.6 Å². The fourth-order valence-electron chi connectivity index (χ4n) is 12.8. The lowest BCUT2D eigenvalue weighted by atomic mass is 9.58. The number of carbonyl (C=O) groups excluding carboxylic acids is 2. The van der Waals surface area contributed by atoms with Crippen LogP contribution in [-0.4, -0.2) is 72.8 Å². The number of ether oxygens (including phenoxy) is 6. The number of hydrogen-bond donors (Lipinski definition) is 2. The molecule has 12 rings (SSSR count). The predicted molar refractivity (Wildman–Crippen MR) is 230 cm³/mol. The minimum absolute atomic E-state index is 0.0888. The summed E-state index contributed by atoms with van der Waals surface area (Å²) in [5, 5.41) is 6.00. The highest BCUT2D eigenvalue weighted by molar-refractivity contribution is 5.94. The first kappa shape index (κ1) is 44.8. The molecule has 8 unspecified atom stereocenters. The van der Waals surface area contributed by atoms with Crippen molar-refractivity contribution in [3.8, 4) is 0 Å². The van der Waals surface area contributed by atoms with Gasteiger partial charge < -0.3 is 39.1 Å². The van der Waals surface area contributed by atoms with Crippen LogP contribution in [0.25, 0.3) is 0 Å². The van der Waals surface area contributed by atoms with Crippen LogP contribution >= 0.6 is 0 Å². The fourth-order valence-corrected chi connectivity index (χ4v) is 12.8. The van der Waals surface area contributed by atoms with E-state index in [1.54, 1.807) is 0 Å². The maximum absolute atomic E-state index is 12.9. The first-order valence-electron chi connectivity index (χ1n) is 24.2. The van der Waals surface area contributed by atoms with Crippen molar-refractivity contribution >= 4 is 11.8 Å². The molecule has 2 amide bonds. The van der Waals surface area contributed by atoms with Gasteiger partial charge in [0.05, 0.1) is 13.2 Å². The average Bonchev–Trinajstić information content (AvgIpc) is 3.67. The Bertz CT molecular complexity index is 1860. The molecule has 64 heavy (non-hydrogen) atoms. The zero-order valence-corrected chi connectivity index (χ0v) is 38.3. The van der Waals surface area contributed by atoms with E-state index in [0.717, 1.165) is 75.3 Å². The van der Waals surface area contributed by atoms with E-state index in [1.165, 1.54) is 0 Å². The van der Waals surface area contributed by atoms with E-state index in [9.17, 15) is 9.59 Å². The highest BCUT2D eigenvalue weighted by atomic mass is 17.3. The first-order valence-corrected chi connectivity index (χ1v) is 24.2. The quantitative estimate of drug-likeness (QED) is 0.148. The standard InChI is InChI=1S/C50H68N2O12/c1-29-9-19-39-31(3)43(57-45-49(39)37(29)21-23-47(5,59-45)61-63-49)55-27-33-11-15-35(16-12-33)41(53)51-25-7-8-26-52-42(54)36-17-13-34(14-18-36)28-56-44-32(4)40-20-10-30(2)38-22-24-48(6)60-46(58-44)50(38,40)64-62-48/h11-18,29-32,37-40,43-46H,7-10,19-28H2,1-6H3,(H,51,53)(H,52,54)/t29-,30-,31-,32-,37?,38?,39?,40?,43+,44+,45?,46?,47?,48?,49-,50-/m1/s1. The lowest BCUT2D eigenvalue weighted by Gasteiger charge is -2.60. The summed E-state index contributed by atoms with van der Waals surface area (Å²) in [6, 6.07) is 15.0. The minimum atomic E-state index is -0.826. The highest BCUT2D eigenvalue weighted by Gasteiger charge is 2.71. The molecule has 2 aromatic carbocycles. The van der Waals surface area contributed by atoms with Crippen LogP contribution < -0.4 is 10.6 Å². The first-order chi connectivity index (χ1) is 30.8. The van der Waals surface area contributed by atoms with E-state index in [-0.39, 0.29) is 35.5 Å². The second kappa shape index (κ2) is 17.6. The number of carbonyl (C=O) groups is 2. The lowest BCUT2D eigenvalue weighted by molar-refractivity contribution is -0.577. The Balaban J connectivity index is 0.633. The molecule has 8 aliphatic heterocycles. The Labute approximate surface area is 377 Å². The number of amides is 2. The Morgan fingerprint density at radius 1 is 0.562 bits per heavy atom. The molecule has 10 fully saturated rings. The summed E-state index contributed by atoms with van der Waals surface area (Å²) in [7, 11) is 0. The molecule has 0 radical (unpaired) electrons. The summed E-state index contributed by atoms with van der Waals surface area (Å²) in [4.78, 5) is 50.3. The van der Waals surface area contributed by atoms with Crippen molar-refractivity contribution in [2.75, 3.05) is 13.1 Å². The van der Waals surface area contributed by atoms with Gasteiger partial charge >= 0.3 is 0 Å². The molecule has 2 aliphatic carbocycles. The topological polar surface area (TPSA) is 150 Å². The van der Waals surface area contributed by atoms with Gasteiger partial charge in [0.1, 0.15) is 0 Å². The third-order valence-corrected chi connectivity index (χ3v) is 16.6. The van der Waals surface area contributed by atoms with Gasteiger partial charge in [0.15, 0.2) is 36.4 Å². The van der Waals surface area contributed by atoms with Crippen LogP contribution in [0.15, 0.2) is 48.5 Å². The molecule has 4 bridgehead atoms. The zero-order valence-electron chi connectivity index (χ0n) is 38.3. The molecule has 16 atom stereocenters. The van der Waals surface area contributed by atoms with E-state index in [2.05, 4.69) is 38.3 Å². The number of hydrogen-bond acceptors (Lipinski definition) is 12. The summed E-state index contributed by atoms with van der Waals surface area (Å²) in [5.74, 6) is 0.256. The molecular formula is C50H68N2O12. The van der Waals surface area contributed by atoms with E-state index < -0.39 is 47.9 Å². The van der Waals surface area contributed by atoms with Crippen molar-refractivity contribution in [1.82, 2.24) is 10.6 Å². The maximum Gasteiger partial charge on any atom is 0.251 e. The molecule has 2 aromatic rings. The van der Waals surface area contributed by atoms with Crippen LogP contribution in [0.4, 0.5) is 0 Å². The van der Waals surface area contributed by atoms with Crippen LogP contribution in [0.2, 0.25) is 0 Å².